The number of carboxylic acid groups (broad SMARTS) is 1. The molecule has 0 saturated heterocycles. The summed E-state index contributed by atoms with van der Waals surface area (Å²) in [5.74, 6) is -1.18. The van der Waals surface area contributed by atoms with Gasteiger partial charge in [0.1, 0.15) is 0 Å². The van der Waals surface area contributed by atoms with Crippen LogP contribution in [-0.4, -0.2) is 35.4 Å². The minimum Gasteiger partial charge on any atom is -0.481 e. The standard InChI is InChI=1S/C8H17NO3/c1-6(8(11)12)7(2)9-4-3-5-10/h6-7,9-10H,3-5H2,1-2H3,(H,11,12). The van der Waals surface area contributed by atoms with Crippen molar-refractivity contribution in [2.45, 2.75) is 26.3 Å². The maximum absolute atomic E-state index is 10.5. The fraction of sp³-hybridized carbons (Fsp3) is 0.875. The molecule has 4 heteroatoms. The second kappa shape index (κ2) is 5.97. The number of aliphatic hydroxyl groups excluding tert-OH is 1. The molecule has 72 valence electrons. The Kier molecular flexibility index (Phi) is 5.66. The van der Waals surface area contributed by atoms with Gasteiger partial charge < -0.3 is 15.5 Å². The van der Waals surface area contributed by atoms with Gasteiger partial charge in [0, 0.05) is 12.6 Å². The summed E-state index contributed by atoms with van der Waals surface area (Å²) >= 11 is 0. The maximum atomic E-state index is 10.5. The summed E-state index contributed by atoms with van der Waals surface area (Å²) in [5, 5.41) is 20.1. The van der Waals surface area contributed by atoms with E-state index in [2.05, 4.69) is 5.32 Å². The monoisotopic (exact) mass is 175 g/mol. The zero-order chi connectivity index (χ0) is 9.56. The Hall–Kier alpha value is -0.610. The van der Waals surface area contributed by atoms with Gasteiger partial charge in [-0.1, -0.05) is 6.92 Å². The van der Waals surface area contributed by atoms with Crippen LogP contribution in [0.5, 0.6) is 0 Å². The molecule has 0 aliphatic heterocycles. The third-order valence-electron chi connectivity index (χ3n) is 1.94. The molecule has 0 rings (SSSR count). The summed E-state index contributed by atoms with van der Waals surface area (Å²) in [6, 6.07) is -0.0472. The van der Waals surface area contributed by atoms with Gasteiger partial charge in [-0.25, -0.2) is 0 Å². The zero-order valence-electron chi connectivity index (χ0n) is 7.58. The number of nitrogens with one attached hydrogen (secondary N) is 1. The number of aliphatic hydroxyl groups is 1. The number of rotatable bonds is 6. The van der Waals surface area contributed by atoms with Crippen LogP contribution in [0.4, 0.5) is 0 Å². The van der Waals surface area contributed by atoms with E-state index in [1.54, 1.807) is 6.92 Å². The molecule has 0 amide bonds. The van der Waals surface area contributed by atoms with Crippen molar-refractivity contribution in [2.75, 3.05) is 13.2 Å². The SMILES string of the molecule is CC(NCCCO)C(C)C(=O)O. The van der Waals surface area contributed by atoms with E-state index in [9.17, 15) is 4.79 Å². The maximum Gasteiger partial charge on any atom is 0.307 e. The predicted molar refractivity (Wildman–Crippen MR) is 46.0 cm³/mol. The molecule has 0 aromatic rings. The molecule has 0 aromatic carbocycles. The fourth-order valence-electron chi connectivity index (χ4n) is 0.799. The van der Waals surface area contributed by atoms with E-state index in [4.69, 9.17) is 10.2 Å². The highest BCUT2D eigenvalue weighted by Gasteiger charge is 2.17. The Morgan fingerprint density at radius 3 is 2.50 bits per heavy atom. The Labute approximate surface area is 72.6 Å². The van der Waals surface area contributed by atoms with E-state index in [-0.39, 0.29) is 18.6 Å². The summed E-state index contributed by atoms with van der Waals surface area (Å²) in [5.41, 5.74) is 0. The van der Waals surface area contributed by atoms with Gasteiger partial charge in [0.2, 0.25) is 0 Å². The molecule has 2 unspecified atom stereocenters. The van der Waals surface area contributed by atoms with E-state index in [1.165, 1.54) is 0 Å². The molecule has 0 aliphatic rings. The molecule has 0 bridgehead atoms. The lowest BCUT2D eigenvalue weighted by molar-refractivity contribution is -0.141. The first-order valence-electron chi connectivity index (χ1n) is 4.16. The van der Waals surface area contributed by atoms with Crippen molar-refractivity contribution >= 4 is 5.97 Å². The average molecular weight is 175 g/mol. The second-order valence-electron chi connectivity index (χ2n) is 2.95. The average Bonchev–Trinajstić information content (AvgIpc) is 2.03. The molecule has 0 fully saturated rings. The van der Waals surface area contributed by atoms with Crippen molar-refractivity contribution in [3.8, 4) is 0 Å². The van der Waals surface area contributed by atoms with E-state index in [0.717, 1.165) is 0 Å². The van der Waals surface area contributed by atoms with Crippen molar-refractivity contribution in [1.29, 1.82) is 0 Å². The highest BCUT2D eigenvalue weighted by Crippen LogP contribution is 2.01. The highest BCUT2D eigenvalue weighted by molar-refractivity contribution is 5.70. The summed E-state index contributed by atoms with van der Waals surface area (Å²) in [4.78, 5) is 10.5. The lowest BCUT2D eigenvalue weighted by Crippen LogP contribution is -2.36. The van der Waals surface area contributed by atoms with E-state index in [0.29, 0.717) is 13.0 Å². The highest BCUT2D eigenvalue weighted by atomic mass is 16.4. The van der Waals surface area contributed by atoms with Crippen LogP contribution >= 0.6 is 0 Å². The number of carboxylic acids is 1. The van der Waals surface area contributed by atoms with Gasteiger partial charge in [0.25, 0.3) is 0 Å². The zero-order valence-corrected chi connectivity index (χ0v) is 7.58. The van der Waals surface area contributed by atoms with E-state index in [1.807, 2.05) is 6.92 Å². The van der Waals surface area contributed by atoms with Crippen LogP contribution in [-0.2, 0) is 4.79 Å². The van der Waals surface area contributed by atoms with Gasteiger partial charge in [-0.2, -0.15) is 0 Å². The molecule has 12 heavy (non-hydrogen) atoms. The van der Waals surface area contributed by atoms with Crippen LogP contribution in [0, 0.1) is 5.92 Å². The summed E-state index contributed by atoms with van der Waals surface area (Å²) in [6.45, 7) is 4.30. The summed E-state index contributed by atoms with van der Waals surface area (Å²) < 4.78 is 0. The molecule has 0 radical (unpaired) electrons. The molecule has 4 nitrogen and oxygen atoms in total. The van der Waals surface area contributed by atoms with Gasteiger partial charge in [-0.3, -0.25) is 4.79 Å². The Bertz CT molecular complexity index is 138. The van der Waals surface area contributed by atoms with Gasteiger partial charge >= 0.3 is 5.97 Å². The molecule has 0 spiro atoms. The quantitative estimate of drug-likeness (QED) is 0.499. The number of carbonyl (C=O) groups is 1. The normalized spacial score (nSPS) is 15.6. The molecular weight excluding hydrogens is 158 g/mol. The van der Waals surface area contributed by atoms with Crippen LogP contribution in [0.1, 0.15) is 20.3 Å². The molecule has 0 aliphatic carbocycles. The van der Waals surface area contributed by atoms with Crippen molar-refractivity contribution in [3.63, 3.8) is 0 Å². The first-order chi connectivity index (χ1) is 5.59. The van der Waals surface area contributed by atoms with Gasteiger partial charge in [0.15, 0.2) is 0 Å². The number of hydrogen-bond donors (Lipinski definition) is 3. The predicted octanol–water partition coefficient (Wildman–Crippen LogP) is 0.0676. The molecule has 0 heterocycles. The minimum absolute atomic E-state index is 0.0472. The van der Waals surface area contributed by atoms with E-state index >= 15 is 0 Å². The van der Waals surface area contributed by atoms with Crippen LogP contribution in [0.15, 0.2) is 0 Å². The van der Waals surface area contributed by atoms with Crippen molar-refractivity contribution in [2.24, 2.45) is 5.92 Å². The molecule has 0 aromatic heterocycles. The van der Waals surface area contributed by atoms with Crippen LogP contribution < -0.4 is 5.32 Å². The van der Waals surface area contributed by atoms with Crippen molar-refractivity contribution in [3.05, 3.63) is 0 Å². The van der Waals surface area contributed by atoms with Gasteiger partial charge in [0.05, 0.1) is 5.92 Å². The number of aliphatic carboxylic acids is 1. The third kappa shape index (κ3) is 4.31. The molecule has 2 atom stereocenters. The summed E-state index contributed by atoms with van der Waals surface area (Å²) in [6.07, 6.45) is 0.663. The topological polar surface area (TPSA) is 69.6 Å². The Balaban J connectivity index is 3.56. The van der Waals surface area contributed by atoms with E-state index < -0.39 is 5.97 Å². The van der Waals surface area contributed by atoms with Crippen LogP contribution in [0.3, 0.4) is 0 Å². The van der Waals surface area contributed by atoms with Crippen LogP contribution in [0.2, 0.25) is 0 Å². The molecule has 0 saturated carbocycles. The third-order valence-corrected chi connectivity index (χ3v) is 1.94. The molecule has 3 N–H and O–H groups in total. The minimum atomic E-state index is -0.793. The first-order valence-corrected chi connectivity index (χ1v) is 4.16. The number of hydrogen-bond acceptors (Lipinski definition) is 3. The largest absolute Gasteiger partial charge is 0.481 e. The van der Waals surface area contributed by atoms with Crippen LogP contribution in [0.25, 0.3) is 0 Å². The lowest BCUT2D eigenvalue weighted by Gasteiger charge is -2.17. The van der Waals surface area contributed by atoms with Gasteiger partial charge in [-0.15, -0.1) is 0 Å². The Morgan fingerprint density at radius 1 is 1.50 bits per heavy atom. The Morgan fingerprint density at radius 2 is 2.08 bits per heavy atom. The van der Waals surface area contributed by atoms with Crippen molar-refractivity contribution < 1.29 is 15.0 Å². The summed E-state index contributed by atoms with van der Waals surface area (Å²) in [7, 11) is 0. The smallest absolute Gasteiger partial charge is 0.307 e. The van der Waals surface area contributed by atoms with Crippen molar-refractivity contribution in [1.82, 2.24) is 5.32 Å². The fourth-order valence-corrected chi connectivity index (χ4v) is 0.799. The second-order valence-corrected chi connectivity index (χ2v) is 2.95. The first kappa shape index (κ1) is 11.4. The lowest BCUT2D eigenvalue weighted by atomic mass is 10.0. The molecular formula is C8H17NO3. The van der Waals surface area contributed by atoms with Gasteiger partial charge in [-0.05, 0) is 19.9 Å².